The number of esters is 1. The van der Waals surface area contributed by atoms with E-state index in [0.717, 1.165) is 0 Å². The summed E-state index contributed by atoms with van der Waals surface area (Å²) in [5.74, 6) is -0.0947. The minimum absolute atomic E-state index is 0.0662. The minimum Gasteiger partial charge on any atom is -0.468 e. The van der Waals surface area contributed by atoms with Crippen LogP contribution in [-0.2, 0) is 25.5 Å². The Bertz CT molecular complexity index is 431. The largest absolute Gasteiger partial charge is 0.468 e. The molecule has 1 aromatic rings. The summed E-state index contributed by atoms with van der Waals surface area (Å²) in [5, 5.41) is 21.2. The molecule has 0 aliphatic carbocycles. The highest BCUT2D eigenvalue weighted by Crippen LogP contribution is 2.15. The van der Waals surface area contributed by atoms with Gasteiger partial charge in [0.25, 0.3) is 0 Å². The molecule has 0 radical (unpaired) electrons. The molecule has 0 saturated heterocycles. The van der Waals surface area contributed by atoms with Crippen LogP contribution in [0.15, 0.2) is 5.16 Å². The zero-order valence-corrected chi connectivity index (χ0v) is 13.1. The first-order chi connectivity index (χ1) is 10.1. The van der Waals surface area contributed by atoms with Gasteiger partial charge < -0.3 is 19.3 Å². The van der Waals surface area contributed by atoms with E-state index in [1.54, 1.807) is 7.11 Å². The number of hydrogen-bond donors (Lipinski definition) is 1. The number of ether oxygens (including phenoxy) is 3. The Labute approximate surface area is 126 Å². The Balaban J connectivity index is 2.34. The Kier molecular flexibility index (Phi) is 8.20. The van der Waals surface area contributed by atoms with Crippen LogP contribution in [0.1, 0.15) is 6.92 Å². The van der Waals surface area contributed by atoms with E-state index >= 15 is 0 Å². The second-order valence-corrected chi connectivity index (χ2v) is 5.25. The van der Waals surface area contributed by atoms with Crippen molar-refractivity contribution in [1.29, 1.82) is 0 Å². The summed E-state index contributed by atoms with van der Waals surface area (Å²) >= 11 is 1.24. The molecule has 1 N–H and O–H groups in total. The van der Waals surface area contributed by atoms with Crippen LogP contribution in [0.5, 0.6) is 0 Å². The predicted octanol–water partition coefficient (Wildman–Crippen LogP) is -0.649. The Morgan fingerprint density at radius 1 is 1.43 bits per heavy atom. The number of aliphatic hydroxyl groups is 1. The maximum absolute atomic E-state index is 11.2. The second kappa shape index (κ2) is 9.66. The van der Waals surface area contributed by atoms with Crippen molar-refractivity contribution in [3.63, 3.8) is 0 Å². The number of thioether (sulfide) groups is 1. The van der Waals surface area contributed by atoms with Gasteiger partial charge in [0.1, 0.15) is 6.54 Å². The molecule has 2 atom stereocenters. The smallest absolute Gasteiger partial charge is 0.327 e. The van der Waals surface area contributed by atoms with Crippen LogP contribution in [0.4, 0.5) is 0 Å². The van der Waals surface area contributed by atoms with Crippen LogP contribution < -0.4 is 0 Å². The van der Waals surface area contributed by atoms with E-state index in [2.05, 4.69) is 20.3 Å². The number of nitrogens with zero attached hydrogens (tertiary/aromatic N) is 4. The summed E-state index contributed by atoms with van der Waals surface area (Å²) in [6, 6.07) is 0. The molecule has 9 nitrogen and oxygen atoms in total. The molecule has 10 heteroatoms. The van der Waals surface area contributed by atoms with Crippen molar-refractivity contribution in [3.05, 3.63) is 0 Å². The summed E-state index contributed by atoms with van der Waals surface area (Å²) in [7, 11) is 2.88. The van der Waals surface area contributed by atoms with Crippen LogP contribution in [0.2, 0.25) is 0 Å². The van der Waals surface area contributed by atoms with Crippen LogP contribution in [-0.4, -0.2) is 76.7 Å². The van der Waals surface area contributed by atoms with Crippen LogP contribution in [0.25, 0.3) is 0 Å². The molecule has 120 valence electrons. The lowest BCUT2D eigenvalue weighted by molar-refractivity contribution is -0.141. The SMILES string of the molecule is COCC(C)OCC(O)CSc1nnnn1CC(=O)OC. The molecule has 0 fully saturated rings. The van der Waals surface area contributed by atoms with E-state index in [4.69, 9.17) is 9.47 Å². The van der Waals surface area contributed by atoms with Gasteiger partial charge in [-0.15, -0.1) is 5.10 Å². The first-order valence-electron chi connectivity index (χ1n) is 6.31. The molecule has 1 rings (SSSR count). The van der Waals surface area contributed by atoms with Crippen molar-refractivity contribution in [3.8, 4) is 0 Å². The fourth-order valence-corrected chi connectivity index (χ4v) is 2.14. The topological polar surface area (TPSA) is 109 Å². The van der Waals surface area contributed by atoms with Gasteiger partial charge in [-0.1, -0.05) is 11.8 Å². The summed E-state index contributed by atoms with van der Waals surface area (Å²) in [6.07, 6.45) is -0.753. The third-order valence-corrected chi connectivity index (χ3v) is 3.49. The Morgan fingerprint density at radius 2 is 2.19 bits per heavy atom. The van der Waals surface area contributed by atoms with Gasteiger partial charge in [-0.2, -0.15) is 0 Å². The van der Waals surface area contributed by atoms with Gasteiger partial charge in [-0.05, 0) is 17.4 Å². The fraction of sp³-hybridized carbons (Fsp3) is 0.818. The maximum atomic E-state index is 11.2. The summed E-state index contributed by atoms with van der Waals surface area (Å²) in [6.45, 7) is 2.46. The highest BCUT2D eigenvalue weighted by atomic mass is 32.2. The van der Waals surface area contributed by atoms with Gasteiger partial charge in [-0.3, -0.25) is 4.79 Å². The average Bonchev–Trinajstić information content (AvgIpc) is 2.90. The third-order valence-electron chi connectivity index (χ3n) is 2.38. The lowest BCUT2D eigenvalue weighted by Gasteiger charge is -2.15. The molecule has 0 aliphatic heterocycles. The van der Waals surface area contributed by atoms with E-state index < -0.39 is 12.1 Å². The molecule has 2 unspecified atom stereocenters. The molecule has 0 aliphatic rings. The number of tetrazole rings is 1. The molecule has 21 heavy (non-hydrogen) atoms. The van der Waals surface area contributed by atoms with Crippen molar-refractivity contribution in [1.82, 2.24) is 20.2 Å². The zero-order valence-electron chi connectivity index (χ0n) is 12.3. The molecule has 1 heterocycles. The number of aliphatic hydroxyl groups excluding tert-OH is 1. The number of aromatic nitrogens is 4. The van der Waals surface area contributed by atoms with E-state index in [1.807, 2.05) is 6.92 Å². The van der Waals surface area contributed by atoms with Crippen molar-refractivity contribution in [2.45, 2.75) is 30.8 Å². The van der Waals surface area contributed by atoms with E-state index in [9.17, 15) is 9.90 Å². The van der Waals surface area contributed by atoms with Crippen LogP contribution >= 0.6 is 11.8 Å². The molecule has 0 bridgehead atoms. The van der Waals surface area contributed by atoms with Crippen LogP contribution in [0, 0.1) is 0 Å². The highest BCUT2D eigenvalue weighted by molar-refractivity contribution is 7.99. The van der Waals surface area contributed by atoms with Gasteiger partial charge in [0.05, 0.1) is 32.5 Å². The molecular formula is C11H20N4O5S. The fourth-order valence-electron chi connectivity index (χ4n) is 1.36. The lowest BCUT2D eigenvalue weighted by atomic mass is 10.4. The van der Waals surface area contributed by atoms with E-state index in [-0.39, 0.29) is 19.3 Å². The zero-order chi connectivity index (χ0) is 15.7. The number of carbonyl (C=O) groups is 1. The van der Waals surface area contributed by atoms with Gasteiger partial charge in [-0.25, -0.2) is 4.68 Å². The number of hydrogen-bond acceptors (Lipinski definition) is 9. The highest BCUT2D eigenvalue weighted by Gasteiger charge is 2.14. The molecule has 0 aromatic carbocycles. The quantitative estimate of drug-likeness (QED) is 0.444. The lowest BCUT2D eigenvalue weighted by Crippen LogP contribution is -2.24. The molecule has 1 aromatic heterocycles. The summed E-state index contributed by atoms with van der Waals surface area (Å²) in [5.41, 5.74) is 0. The number of rotatable bonds is 10. The molecular weight excluding hydrogens is 300 g/mol. The monoisotopic (exact) mass is 320 g/mol. The van der Waals surface area contributed by atoms with Gasteiger partial charge in [0.15, 0.2) is 0 Å². The first-order valence-corrected chi connectivity index (χ1v) is 7.29. The Hall–Kier alpha value is -1.23. The minimum atomic E-state index is -0.669. The second-order valence-electron chi connectivity index (χ2n) is 4.26. The van der Waals surface area contributed by atoms with Crippen LogP contribution in [0.3, 0.4) is 0 Å². The van der Waals surface area contributed by atoms with Crippen molar-refractivity contribution < 1.29 is 24.1 Å². The van der Waals surface area contributed by atoms with Crippen molar-refractivity contribution in [2.24, 2.45) is 0 Å². The summed E-state index contributed by atoms with van der Waals surface area (Å²) < 4.78 is 16.2. The van der Waals surface area contributed by atoms with E-state index in [1.165, 1.54) is 23.6 Å². The standard InChI is InChI=1S/C11H20N4O5S/c1-8(5-18-2)20-6-9(16)7-21-11-12-13-14-15(11)4-10(17)19-3/h8-9,16H,4-7H2,1-3H3. The predicted molar refractivity (Wildman–Crippen MR) is 73.9 cm³/mol. The van der Waals surface area contributed by atoms with Crippen molar-refractivity contribution in [2.75, 3.05) is 33.2 Å². The molecule has 0 spiro atoms. The third kappa shape index (κ3) is 6.85. The first kappa shape index (κ1) is 17.8. The Morgan fingerprint density at radius 3 is 2.86 bits per heavy atom. The van der Waals surface area contributed by atoms with E-state index in [0.29, 0.717) is 17.5 Å². The van der Waals surface area contributed by atoms with Crippen molar-refractivity contribution >= 4 is 17.7 Å². The van der Waals surface area contributed by atoms with Gasteiger partial charge >= 0.3 is 5.97 Å². The van der Waals surface area contributed by atoms with Gasteiger partial charge in [0, 0.05) is 12.9 Å². The summed E-state index contributed by atoms with van der Waals surface area (Å²) in [4.78, 5) is 11.2. The molecule has 0 saturated carbocycles. The van der Waals surface area contributed by atoms with Gasteiger partial charge in [0.2, 0.25) is 5.16 Å². The maximum Gasteiger partial charge on any atom is 0.327 e. The number of carbonyl (C=O) groups excluding carboxylic acids is 1. The molecule has 0 amide bonds. The normalized spacial score (nSPS) is 13.9. The number of methoxy groups -OCH3 is 2. The average molecular weight is 320 g/mol.